The summed E-state index contributed by atoms with van der Waals surface area (Å²) in [6.45, 7) is 2.21. The van der Waals surface area contributed by atoms with Crippen LogP contribution >= 0.6 is 0 Å². The van der Waals surface area contributed by atoms with Gasteiger partial charge in [-0.15, -0.1) is 0 Å². The molecule has 0 saturated heterocycles. The van der Waals surface area contributed by atoms with E-state index in [1.807, 2.05) is 30.3 Å². The first-order valence-corrected chi connectivity index (χ1v) is 7.38. The molecule has 0 aromatic heterocycles. The fourth-order valence-corrected chi connectivity index (χ4v) is 3.05. The predicted molar refractivity (Wildman–Crippen MR) is 84.2 cm³/mol. The highest BCUT2D eigenvalue weighted by Crippen LogP contribution is 2.47. The quantitative estimate of drug-likeness (QED) is 0.838. The molecule has 0 saturated carbocycles. The molecule has 3 rings (SSSR count). The fourth-order valence-electron chi connectivity index (χ4n) is 3.05. The number of aliphatic hydroxyl groups excluding tert-OH is 1. The van der Waals surface area contributed by atoms with Crippen molar-refractivity contribution in [2.24, 2.45) is 0 Å². The SMILES string of the molecule is CCCCC1=C(c2ccccc2)C(O)c2ccccc21. The molecule has 0 heterocycles. The van der Waals surface area contributed by atoms with E-state index in [2.05, 4.69) is 31.2 Å². The lowest BCUT2D eigenvalue weighted by Crippen LogP contribution is -1.96. The Hall–Kier alpha value is -1.86. The van der Waals surface area contributed by atoms with E-state index in [1.54, 1.807) is 0 Å². The molecule has 2 aromatic carbocycles. The van der Waals surface area contributed by atoms with Gasteiger partial charge in [-0.2, -0.15) is 0 Å². The number of rotatable bonds is 4. The van der Waals surface area contributed by atoms with Gasteiger partial charge in [0.2, 0.25) is 0 Å². The maximum Gasteiger partial charge on any atom is 0.105 e. The van der Waals surface area contributed by atoms with Crippen molar-refractivity contribution < 1.29 is 5.11 Å². The minimum Gasteiger partial charge on any atom is -0.384 e. The van der Waals surface area contributed by atoms with E-state index in [0.717, 1.165) is 29.5 Å². The number of fused-ring (bicyclic) bond motifs is 1. The third-order valence-electron chi connectivity index (χ3n) is 4.04. The lowest BCUT2D eigenvalue weighted by Gasteiger charge is -2.12. The van der Waals surface area contributed by atoms with E-state index < -0.39 is 6.10 Å². The van der Waals surface area contributed by atoms with E-state index in [0.29, 0.717) is 0 Å². The lowest BCUT2D eigenvalue weighted by atomic mass is 9.96. The Morgan fingerprint density at radius 3 is 2.40 bits per heavy atom. The van der Waals surface area contributed by atoms with Crippen molar-refractivity contribution in [1.29, 1.82) is 0 Å². The summed E-state index contributed by atoms with van der Waals surface area (Å²) in [5, 5.41) is 10.7. The zero-order valence-corrected chi connectivity index (χ0v) is 11.8. The summed E-state index contributed by atoms with van der Waals surface area (Å²) in [5.74, 6) is 0. The highest BCUT2D eigenvalue weighted by Gasteiger charge is 2.29. The molecule has 2 aromatic rings. The molecule has 0 bridgehead atoms. The molecule has 1 N–H and O–H groups in total. The lowest BCUT2D eigenvalue weighted by molar-refractivity contribution is 0.241. The summed E-state index contributed by atoms with van der Waals surface area (Å²) < 4.78 is 0. The minimum atomic E-state index is -0.486. The zero-order chi connectivity index (χ0) is 13.9. The van der Waals surface area contributed by atoms with Crippen LogP contribution in [0.25, 0.3) is 11.1 Å². The number of benzene rings is 2. The maximum absolute atomic E-state index is 10.7. The number of allylic oxidation sites excluding steroid dienone is 1. The summed E-state index contributed by atoms with van der Waals surface area (Å²) in [6, 6.07) is 18.5. The van der Waals surface area contributed by atoms with Crippen LogP contribution in [0.1, 0.15) is 49.0 Å². The molecule has 0 amide bonds. The Kier molecular flexibility index (Phi) is 3.70. The van der Waals surface area contributed by atoms with Crippen LogP contribution in [0.2, 0.25) is 0 Å². The second-order valence-electron chi connectivity index (χ2n) is 5.35. The van der Waals surface area contributed by atoms with Gasteiger partial charge in [-0.3, -0.25) is 0 Å². The summed E-state index contributed by atoms with van der Waals surface area (Å²) >= 11 is 0. The van der Waals surface area contributed by atoms with Gasteiger partial charge in [-0.05, 0) is 40.7 Å². The Morgan fingerprint density at radius 1 is 0.950 bits per heavy atom. The van der Waals surface area contributed by atoms with E-state index in [4.69, 9.17) is 0 Å². The van der Waals surface area contributed by atoms with Gasteiger partial charge in [0.1, 0.15) is 6.10 Å². The summed E-state index contributed by atoms with van der Waals surface area (Å²) in [4.78, 5) is 0. The molecule has 1 atom stereocenters. The van der Waals surface area contributed by atoms with E-state index in [-0.39, 0.29) is 0 Å². The van der Waals surface area contributed by atoms with Crippen molar-refractivity contribution in [2.75, 3.05) is 0 Å². The first-order valence-electron chi connectivity index (χ1n) is 7.38. The molecule has 0 fully saturated rings. The van der Waals surface area contributed by atoms with Crippen LogP contribution in [0.4, 0.5) is 0 Å². The largest absolute Gasteiger partial charge is 0.384 e. The molecule has 1 heteroatoms. The molecule has 1 unspecified atom stereocenters. The molecule has 1 aliphatic rings. The second-order valence-corrected chi connectivity index (χ2v) is 5.35. The standard InChI is InChI=1S/C19H20O/c1-2-3-11-16-15-12-7-8-13-17(15)19(20)18(16)14-9-5-4-6-10-14/h4-10,12-13,19-20H,2-3,11H2,1H3. The van der Waals surface area contributed by atoms with Gasteiger partial charge in [-0.25, -0.2) is 0 Å². The third-order valence-corrected chi connectivity index (χ3v) is 4.04. The Bertz CT molecular complexity index is 625. The van der Waals surface area contributed by atoms with Crippen molar-refractivity contribution in [3.63, 3.8) is 0 Å². The number of hydrogen-bond acceptors (Lipinski definition) is 1. The predicted octanol–water partition coefficient (Wildman–Crippen LogP) is 4.83. The van der Waals surface area contributed by atoms with Crippen molar-refractivity contribution in [3.05, 3.63) is 71.3 Å². The number of unbranched alkanes of at least 4 members (excludes halogenated alkanes) is 1. The van der Waals surface area contributed by atoms with Crippen molar-refractivity contribution in [2.45, 2.75) is 32.3 Å². The van der Waals surface area contributed by atoms with Crippen molar-refractivity contribution in [1.82, 2.24) is 0 Å². The molecule has 102 valence electrons. The number of hydrogen-bond donors (Lipinski definition) is 1. The molecule has 1 aliphatic carbocycles. The minimum absolute atomic E-state index is 0.486. The highest BCUT2D eigenvalue weighted by molar-refractivity contribution is 5.98. The summed E-state index contributed by atoms with van der Waals surface area (Å²) in [6.07, 6.45) is 2.88. The van der Waals surface area contributed by atoms with Crippen LogP contribution in [0.5, 0.6) is 0 Å². The van der Waals surface area contributed by atoms with Crippen molar-refractivity contribution >= 4 is 11.1 Å². The molecular weight excluding hydrogens is 244 g/mol. The van der Waals surface area contributed by atoms with E-state index in [1.165, 1.54) is 17.6 Å². The molecule has 1 nitrogen and oxygen atoms in total. The third kappa shape index (κ3) is 2.19. The maximum atomic E-state index is 10.7. The van der Waals surface area contributed by atoms with Crippen LogP contribution in [0.3, 0.4) is 0 Å². The molecule has 20 heavy (non-hydrogen) atoms. The Balaban J connectivity index is 2.12. The normalized spacial score (nSPS) is 17.4. The molecule has 0 spiro atoms. The van der Waals surface area contributed by atoms with Crippen LogP contribution in [0, 0.1) is 0 Å². The smallest absolute Gasteiger partial charge is 0.105 e. The van der Waals surface area contributed by atoms with E-state index in [9.17, 15) is 5.11 Å². The van der Waals surface area contributed by atoms with Gasteiger partial charge < -0.3 is 5.11 Å². The van der Waals surface area contributed by atoms with Crippen LogP contribution in [-0.2, 0) is 0 Å². The first kappa shape index (κ1) is 13.1. The van der Waals surface area contributed by atoms with Gasteiger partial charge in [0.25, 0.3) is 0 Å². The molecule has 0 aliphatic heterocycles. The van der Waals surface area contributed by atoms with Gasteiger partial charge in [0.05, 0.1) is 0 Å². The Labute approximate surface area is 120 Å². The first-order chi connectivity index (χ1) is 9.83. The van der Waals surface area contributed by atoms with Crippen LogP contribution < -0.4 is 0 Å². The average molecular weight is 264 g/mol. The van der Waals surface area contributed by atoms with Gasteiger partial charge >= 0.3 is 0 Å². The highest BCUT2D eigenvalue weighted by atomic mass is 16.3. The fraction of sp³-hybridized carbons (Fsp3) is 0.263. The van der Waals surface area contributed by atoms with Gasteiger partial charge in [0, 0.05) is 0 Å². The summed E-state index contributed by atoms with van der Waals surface area (Å²) in [5.41, 5.74) is 5.84. The Morgan fingerprint density at radius 2 is 1.65 bits per heavy atom. The molecule has 0 radical (unpaired) electrons. The monoisotopic (exact) mass is 264 g/mol. The number of aliphatic hydroxyl groups is 1. The second kappa shape index (κ2) is 5.64. The summed E-state index contributed by atoms with van der Waals surface area (Å²) in [7, 11) is 0. The zero-order valence-electron chi connectivity index (χ0n) is 11.8. The average Bonchev–Trinajstić information content (AvgIpc) is 2.79. The van der Waals surface area contributed by atoms with Gasteiger partial charge in [0.15, 0.2) is 0 Å². The van der Waals surface area contributed by atoms with Crippen LogP contribution in [-0.4, -0.2) is 5.11 Å². The topological polar surface area (TPSA) is 20.2 Å². The van der Waals surface area contributed by atoms with Gasteiger partial charge in [-0.1, -0.05) is 67.9 Å². The molecular formula is C19H20O. The van der Waals surface area contributed by atoms with E-state index >= 15 is 0 Å². The van der Waals surface area contributed by atoms with Crippen LogP contribution in [0.15, 0.2) is 54.6 Å². The van der Waals surface area contributed by atoms with Crippen molar-refractivity contribution in [3.8, 4) is 0 Å².